The maximum atomic E-state index is 13.8. The first kappa shape index (κ1) is 22.0. The lowest BCUT2D eigenvalue weighted by Crippen LogP contribution is -2.27. The average molecular weight is 457 g/mol. The summed E-state index contributed by atoms with van der Waals surface area (Å²) in [6.07, 6.45) is 1.89. The molecule has 6 heteroatoms. The first-order valence-corrected chi connectivity index (χ1v) is 11.1. The number of fused-ring (bicyclic) bond motifs is 2. The quantitative estimate of drug-likeness (QED) is 0.388. The summed E-state index contributed by atoms with van der Waals surface area (Å²) in [6, 6.07) is 17.7. The fraction of sp³-hybridized carbons (Fsp3) is 0.214. The number of rotatable bonds is 6. The van der Waals surface area contributed by atoms with Crippen molar-refractivity contribution in [3.63, 3.8) is 0 Å². The van der Waals surface area contributed by atoms with Crippen molar-refractivity contribution in [1.82, 2.24) is 4.57 Å². The number of halogens is 1. The Morgan fingerprint density at radius 2 is 1.82 bits per heavy atom. The topological polar surface area (TPSA) is 63.8 Å². The molecule has 4 aromatic rings. The Kier molecular flexibility index (Phi) is 5.33. The molecule has 1 aliphatic heterocycles. The van der Waals surface area contributed by atoms with Gasteiger partial charge in [0.2, 0.25) is 0 Å². The van der Waals surface area contributed by atoms with Crippen LogP contribution in [0.15, 0.2) is 65.7 Å². The molecule has 172 valence electrons. The summed E-state index contributed by atoms with van der Waals surface area (Å²) >= 11 is 0. The summed E-state index contributed by atoms with van der Waals surface area (Å²) in [5.41, 5.74) is 6.78. The van der Waals surface area contributed by atoms with Gasteiger partial charge < -0.3 is 14.4 Å². The maximum Gasteiger partial charge on any atom is 0.335 e. The Bertz CT molecular complexity index is 1430. The molecule has 0 bridgehead atoms. The molecule has 0 saturated carbocycles. The van der Waals surface area contributed by atoms with Crippen molar-refractivity contribution in [2.75, 3.05) is 13.7 Å². The van der Waals surface area contributed by atoms with Gasteiger partial charge in [0.05, 0.1) is 24.2 Å². The number of aliphatic imine (C=N–C) groups is 1. The number of carboxylic acids is 1. The van der Waals surface area contributed by atoms with Crippen LogP contribution in [-0.4, -0.2) is 35.6 Å². The third kappa shape index (κ3) is 3.60. The normalized spacial score (nSPS) is 12.9. The zero-order valence-corrected chi connectivity index (χ0v) is 19.3. The van der Waals surface area contributed by atoms with Gasteiger partial charge in [-0.25, -0.2) is 9.18 Å². The molecule has 0 saturated heterocycles. The Hall–Kier alpha value is -3.77. The third-order valence-corrected chi connectivity index (χ3v) is 6.37. The van der Waals surface area contributed by atoms with Crippen LogP contribution in [-0.2, 0) is 16.7 Å². The van der Waals surface area contributed by atoms with Crippen molar-refractivity contribution >= 4 is 23.1 Å². The molecule has 0 amide bonds. The predicted molar refractivity (Wildman–Crippen MR) is 132 cm³/mol. The van der Waals surface area contributed by atoms with E-state index < -0.39 is 11.4 Å². The second kappa shape index (κ2) is 8.22. The average Bonchev–Trinajstić information content (AvgIpc) is 3.40. The van der Waals surface area contributed by atoms with Crippen molar-refractivity contribution < 1.29 is 19.0 Å². The van der Waals surface area contributed by atoms with Crippen LogP contribution >= 0.6 is 0 Å². The molecule has 0 aliphatic carbocycles. The highest BCUT2D eigenvalue weighted by atomic mass is 19.1. The largest absolute Gasteiger partial charge is 0.478 e. The van der Waals surface area contributed by atoms with E-state index in [1.807, 2.05) is 18.3 Å². The Balaban J connectivity index is 1.91. The monoisotopic (exact) mass is 456 g/mol. The van der Waals surface area contributed by atoms with Crippen LogP contribution in [0.4, 0.5) is 4.39 Å². The highest BCUT2D eigenvalue weighted by Crippen LogP contribution is 2.44. The molecule has 34 heavy (non-hydrogen) atoms. The lowest BCUT2D eigenvalue weighted by Gasteiger charge is -2.28. The van der Waals surface area contributed by atoms with E-state index in [2.05, 4.69) is 35.5 Å². The van der Waals surface area contributed by atoms with Crippen LogP contribution in [0.3, 0.4) is 0 Å². The molecule has 5 nitrogen and oxygen atoms in total. The minimum absolute atomic E-state index is 0.234. The van der Waals surface area contributed by atoms with Gasteiger partial charge in [-0.2, -0.15) is 0 Å². The summed E-state index contributed by atoms with van der Waals surface area (Å²) in [6.45, 7) is 5.33. The van der Waals surface area contributed by atoms with E-state index in [0.717, 1.165) is 44.5 Å². The molecule has 0 atom stereocenters. The summed E-state index contributed by atoms with van der Waals surface area (Å²) in [4.78, 5) is 15.9. The van der Waals surface area contributed by atoms with Gasteiger partial charge in [0.15, 0.2) is 0 Å². The second-order valence-corrected chi connectivity index (χ2v) is 9.27. The first-order valence-electron chi connectivity index (χ1n) is 11.1. The van der Waals surface area contributed by atoms with Crippen molar-refractivity contribution in [2.24, 2.45) is 4.99 Å². The van der Waals surface area contributed by atoms with Gasteiger partial charge in [0, 0.05) is 41.1 Å². The zero-order chi connectivity index (χ0) is 24.0. The van der Waals surface area contributed by atoms with Gasteiger partial charge in [-0.1, -0.05) is 26.0 Å². The number of carbonyl (C=O) groups is 1. The molecular formula is C28H25FN2O3. The highest BCUT2D eigenvalue weighted by molar-refractivity contribution is 6.03. The molecule has 0 fully saturated rings. The lowest BCUT2D eigenvalue weighted by molar-refractivity contribution is 0.0697. The van der Waals surface area contributed by atoms with Crippen LogP contribution in [0.1, 0.15) is 41.0 Å². The van der Waals surface area contributed by atoms with Gasteiger partial charge in [0.25, 0.3) is 0 Å². The summed E-state index contributed by atoms with van der Waals surface area (Å²) < 4.78 is 21.6. The van der Waals surface area contributed by atoms with E-state index in [-0.39, 0.29) is 11.4 Å². The molecular weight excluding hydrogens is 431 g/mol. The standard InChI is InChI=1S/C28H25FN2O3/c1-28(2,16-34-3)26-25(17-4-6-18(7-5-17)27(32)33)23-12-19-14-30-15-20(19)13-24(23)31(26)22-10-8-21(29)9-11-22/h4-13,15H,14,16H2,1-3H3,(H,32,33). The van der Waals surface area contributed by atoms with Crippen molar-refractivity contribution in [2.45, 2.75) is 25.8 Å². The van der Waals surface area contributed by atoms with E-state index in [1.165, 1.54) is 12.1 Å². The SMILES string of the molecule is COCC(C)(C)c1c(-c2ccc(C(=O)O)cc2)c2cc3c(cc2n1-c1ccc(F)cc1)C=NC3. The van der Waals surface area contributed by atoms with Crippen LogP contribution in [0.2, 0.25) is 0 Å². The Morgan fingerprint density at radius 1 is 1.12 bits per heavy atom. The number of nitrogens with zero attached hydrogens (tertiary/aromatic N) is 2. The Morgan fingerprint density at radius 3 is 2.47 bits per heavy atom. The van der Waals surface area contributed by atoms with Crippen molar-refractivity contribution in [1.29, 1.82) is 0 Å². The van der Waals surface area contributed by atoms with Crippen LogP contribution in [0.5, 0.6) is 0 Å². The first-order chi connectivity index (χ1) is 16.3. The van der Waals surface area contributed by atoms with Crippen LogP contribution in [0.25, 0.3) is 27.7 Å². The minimum atomic E-state index is -0.963. The third-order valence-electron chi connectivity index (χ3n) is 6.37. The lowest BCUT2D eigenvalue weighted by atomic mass is 9.84. The predicted octanol–water partition coefficient (Wildman–Crippen LogP) is 5.99. The number of methoxy groups -OCH3 is 1. The van der Waals surface area contributed by atoms with Gasteiger partial charge in [-0.05, 0) is 65.2 Å². The molecule has 0 spiro atoms. The molecule has 3 aromatic carbocycles. The van der Waals surface area contributed by atoms with E-state index in [0.29, 0.717) is 13.2 Å². The molecule has 0 radical (unpaired) electrons. The minimum Gasteiger partial charge on any atom is -0.478 e. The number of carboxylic acid groups (broad SMARTS) is 1. The maximum absolute atomic E-state index is 13.8. The van der Waals surface area contributed by atoms with Gasteiger partial charge in [-0.3, -0.25) is 4.99 Å². The number of hydrogen-bond acceptors (Lipinski definition) is 3. The molecule has 0 unspecified atom stereocenters. The summed E-state index contributed by atoms with van der Waals surface area (Å²) in [5, 5.41) is 10.4. The second-order valence-electron chi connectivity index (χ2n) is 9.27. The van der Waals surface area contributed by atoms with Gasteiger partial charge >= 0.3 is 5.97 Å². The number of benzene rings is 3. The highest BCUT2D eigenvalue weighted by Gasteiger charge is 2.32. The fourth-order valence-corrected chi connectivity index (χ4v) is 4.89. The zero-order valence-electron chi connectivity index (χ0n) is 19.3. The summed E-state index contributed by atoms with van der Waals surface area (Å²) in [5.74, 6) is -1.26. The Labute approximate surface area is 197 Å². The van der Waals surface area contributed by atoms with Crippen LogP contribution in [0, 0.1) is 5.82 Å². The van der Waals surface area contributed by atoms with Gasteiger partial charge in [0.1, 0.15) is 5.82 Å². The van der Waals surface area contributed by atoms with Crippen molar-refractivity contribution in [3.05, 3.63) is 88.9 Å². The molecule has 2 heterocycles. The van der Waals surface area contributed by atoms with Crippen LogP contribution < -0.4 is 0 Å². The van der Waals surface area contributed by atoms with E-state index in [9.17, 15) is 14.3 Å². The smallest absolute Gasteiger partial charge is 0.335 e. The molecule has 1 aliphatic rings. The number of aromatic carboxylic acids is 1. The summed E-state index contributed by atoms with van der Waals surface area (Å²) in [7, 11) is 1.68. The van der Waals surface area contributed by atoms with Crippen molar-refractivity contribution in [3.8, 4) is 16.8 Å². The van der Waals surface area contributed by atoms with E-state index in [4.69, 9.17) is 4.74 Å². The molecule has 5 rings (SSSR count). The number of ether oxygens (including phenoxy) is 1. The van der Waals surface area contributed by atoms with E-state index in [1.54, 1.807) is 31.4 Å². The number of aromatic nitrogens is 1. The van der Waals surface area contributed by atoms with Gasteiger partial charge in [-0.15, -0.1) is 0 Å². The van der Waals surface area contributed by atoms with E-state index >= 15 is 0 Å². The molecule has 1 aromatic heterocycles. The molecule has 1 N–H and O–H groups in total. The number of hydrogen-bond donors (Lipinski definition) is 1. The fourth-order valence-electron chi connectivity index (χ4n) is 4.89.